The van der Waals surface area contributed by atoms with Crippen LogP contribution in [-0.4, -0.2) is 25.2 Å². The normalized spacial score (nSPS) is 10.5. The van der Waals surface area contributed by atoms with Crippen LogP contribution in [0.5, 0.6) is 11.5 Å². The zero-order valence-electron chi connectivity index (χ0n) is 12.6. The molecule has 0 unspecified atom stereocenters. The van der Waals surface area contributed by atoms with Crippen LogP contribution in [0.25, 0.3) is 0 Å². The summed E-state index contributed by atoms with van der Waals surface area (Å²) in [5, 5.41) is 14.6. The van der Waals surface area contributed by atoms with Crippen molar-refractivity contribution in [1.29, 1.82) is 0 Å². The first-order valence-electron chi connectivity index (χ1n) is 7.00. The highest BCUT2D eigenvalue weighted by Gasteiger charge is 2.16. The van der Waals surface area contributed by atoms with Crippen molar-refractivity contribution in [2.24, 2.45) is 0 Å². The van der Waals surface area contributed by atoms with Crippen LogP contribution in [-0.2, 0) is 11.3 Å². The molecule has 0 saturated carbocycles. The predicted octanol–water partition coefficient (Wildman–Crippen LogP) is 3.78. The van der Waals surface area contributed by atoms with Crippen molar-refractivity contribution in [3.8, 4) is 11.5 Å². The minimum absolute atomic E-state index is 0.158. The van der Waals surface area contributed by atoms with E-state index in [9.17, 15) is 10.1 Å². The lowest BCUT2D eigenvalue weighted by atomic mass is 10.2. The van der Waals surface area contributed by atoms with Crippen LogP contribution in [0.15, 0.2) is 42.5 Å². The molecule has 0 aliphatic rings. The van der Waals surface area contributed by atoms with E-state index in [4.69, 9.17) is 21.1 Å². The third-order valence-electron chi connectivity index (χ3n) is 3.08. The number of rotatable bonds is 8. The molecule has 0 aliphatic carbocycles. The van der Waals surface area contributed by atoms with E-state index in [1.807, 2.05) is 12.1 Å². The van der Waals surface area contributed by atoms with E-state index in [2.05, 4.69) is 5.32 Å². The Balaban J connectivity index is 2.02. The monoisotopic (exact) mass is 336 g/mol. The van der Waals surface area contributed by atoms with Crippen LogP contribution < -0.4 is 10.1 Å². The molecule has 0 aromatic heterocycles. The van der Waals surface area contributed by atoms with Crippen molar-refractivity contribution in [2.45, 2.75) is 6.54 Å². The van der Waals surface area contributed by atoms with Gasteiger partial charge in [-0.05, 0) is 29.8 Å². The van der Waals surface area contributed by atoms with E-state index in [-0.39, 0.29) is 11.4 Å². The summed E-state index contributed by atoms with van der Waals surface area (Å²) in [4.78, 5) is 10.5. The van der Waals surface area contributed by atoms with Gasteiger partial charge in [-0.3, -0.25) is 10.1 Å². The van der Waals surface area contributed by atoms with Crippen LogP contribution in [0.4, 0.5) is 5.69 Å². The highest BCUT2D eigenvalue weighted by Crippen LogP contribution is 2.33. The summed E-state index contributed by atoms with van der Waals surface area (Å²) >= 11 is 5.78. The Bertz CT molecular complexity index is 662. The van der Waals surface area contributed by atoms with Gasteiger partial charge in [0.1, 0.15) is 5.75 Å². The summed E-state index contributed by atoms with van der Waals surface area (Å²) < 4.78 is 10.5. The Labute approximate surface area is 139 Å². The van der Waals surface area contributed by atoms with Crippen LogP contribution >= 0.6 is 11.6 Å². The standard InChI is InChI=1S/C16H17ClN2O4/c1-22-9-8-18-11-12-2-5-14(6-3-12)23-16-7-4-13(17)10-15(16)19(20)21/h2-7,10,18H,8-9,11H2,1H3. The smallest absolute Gasteiger partial charge is 0.313 e. The van der Waals surface area contributed by atoms with E-state index in [1.54, 1.807) is 25.3 Å². The molecule has 2 aromatic carbocycles. The van der Waals surface area contributed by atoms with Crippen LogP contribution in [0.3, 0.4) is 0 Å². The number of methoxy groups -OCH3 is 1. The molecule has 122 valence electrons. The van der Waals surface area contributed by atoms with Crippen molar-refractivity contribution in [3.63, 3.8) is 0 Å². The van der Waals surface area contributed by atoms with Crippen LogP contribution in [0, 0.1) is 10.1 Å². The molecule has 0 fully saturated rings. The number of halogens is 1. The summed E-state index contributed by atoms with van der Waals surface area (Å²) in [6.07, 6.45) is 0. The van der Waals surface area contributed by atoms with Gasteiger partial charge in [-0.2, -0.15) is 0 Å². The molecular weight excluding hydrogens is 320 g/mol. The first-order chi connectivity index (χ1) is 11.1. The fourth-order valence-electron chi connectivity index (χ4n) is 1.93. The van der Waals surface area contributed by atoms with Gasteiger partial charge in [-0.25, -0.2) is 0 Å². The fraction of sp³-hybridized carbons (Fsp3) is 0.250. The van der Waals surface area contributed by atoms with Crippen molar-refractivity contribution < 1.29 is 14.4 Å². The number of benzene rings is 2. The van der Waals surface area contributed by atoms with Gasteiger partial charge in [-0.15, -0.1) is 0 Å². The van der Waals surface area contributed by atoms with Gasteiger partial charge in [0, 0.05) is 31.3 Å². The first kappa shape index (κ1) is 17.2. The largest absolute Gasteiger partial charge is 0.450 e. The van der Waals surface area contributed by atoms with Gasteiger partial charge in [0.2, 0.25) is 5.75 Å². The van der Waals surface area contributed by atoms with Gasteiger partial charge in [0.05, 0.1) is 11.5 Å². The van der Waals surface area contributed by atoms with E-state index >= 15 is 0 Å². The van der Waals surface area contributed by atoms with Crippen molar-refractivity contribution in [2.75, 3.05) is 20.3 Å². The molecule has 0 saturated heterocycles. The zero-order valence-corrected chi connectivity index (χ0v) is 13.4. The van der Waals surface area contributed by atoms with Gasteiger partial charge < -0.3 is 14.8 Å². The molecule has 0 bridgehead atoms. The Morgan fingerprint density at radius 2 is 1.96 bits per heavy atom. The molecule has 23 heavy (non-hydrogen) atoms. The molecule has 0 atom stereocenters. The zero-order chi connectivity index (χ0) is 16.7. The molecule has 2 rings (SSSR count). The Kier molecular flexibility index (Phi) is 6.34. The van der Waals surface area contributed by atoms with Crippen LogP contribution in [0.2, 0.25) is 5.02 Å². The molecule has 1 N–H and O–H groups in total. The van der Waals surface area contributed by atoms with Gasteiger partial charge >= 0.3 is 5.69 Å². The van der Waals surface area contributed by atoms with Crippen molar-refractivity contribution in [1.82, 2.24) is 5.32 Å². The summed E-state index contributed by atoms with van der Waals surface area (Å²) in [5.41, 5.74) is 0.918. The molecule has 0 heterocycles. The molecule has 6 nitrogen and oxygen atoms in total. The molecule has 0 radical (unpaired) electrons. The summed E-state index contributed by atoms with van der Waals surface area (Å²) in [5.74, 6) is 0.682. The molecule has 0 aliphatic heterocycles. The lowest BCUT2D eigenvalue weighted by Gasteiger charge is -2.08. The topological polar surface area (TPSA) is 73.6 Å². The Morgan fingerprint density at radius 1 is 1.22 bits per heavy atom. The maximum atomic E-state index is 11.0. The van der Waals surface area contributed by atoms with Gasteiger partial charge in [0.25, 0.3) is 0 Å². The number of nitrogens with one attached hydrogen (secondary N) is 1. The number of hydrogen-bond acceptors (Lipinski definition) is 5. The molecule has 0 spiro atoms. The second-order valence-corrected chi connectivity index (χ2v) is 5.22. The first-order valence-corrected chi connectivity index (χ1v) is 7.38. The third-order valence-corrected chi connectivity index (χ3v) is 3.32. The van der Waals surface area contributed by atoms with E-state index in [0.717, 1.165) is 12.1 Å². The number of ether oxygens (including phenoxy) is 2. The van der Waals surface area contributed by atoms with E-state index in [1.165, 1.54) is 12.1 Å². The number of nitrogens with zero attached hydrogens (tertiary/aromatic N) is 1. The fourth-order valence-corrected chi connectivity index (χ4v) is 2.10. The minimum atomic E-state index is -0.519. The maximum Gasteiger partial charge on any atom is 0.313 e. The van der Waals surface area contributed by atoms with Crippen LogP contribution in [0.1, 0.15) is 5.56 Å². The Hall–Kier alpha value is -2.15. The average molecular weight is 337 g/mol. The number of nitro benzene ring substituents is 1. The molecule has 2 aromatic rings. The Morgan fingerprint density at radius 3 is 2.61 bits per heavy atom. The summed E-state index contributed by atoms with van der Waals surface area (Å²) in [6.45, 7) is 2.14. The summed E-state index contributed by atoms with van der Waals surface area (Å²) in [6, 6.07) is 11.6. The second-order valence-electron chi connectivity index (χ2n) is 4.78. The molecule has 0 amide bonds. The SMILES string of the molecule is COCCNCc1ccc(Oc2ccc(Cl)cc2[N+](=O)[O-])cc1. The van der Waals surface area contributed by atoms with Gasteiger partial charge in [-0.1, -0.05) is 23.7 Å². The number of nitro groups is 1. The third kappa shape index (κ3) is 5.21. The van der Waals surface area contributed by atoms with E-state index < -0.39 is 4.92 Å². The quantitative estimate of drug-likeness (QED) is 0.451. The highest BCUT2D eigenvalue weighted by molar-refractivity contribution is 6.30. The number of hydrogen-bond donors (Lipinski definition) is 1. The minimum Gasteiger partial charge on any atom is -0.450 e. The molecular formula is C16H17ClN2O4. The van der Waals surface area contributed by atoms with Crippen molar-refractivity contribution >= 4 is 17.3 Å². The second kappa shape index (κ2) is 8.47. The van der Waals surface area contributed by atoms with E-state index in [0.29, 0.717) is 23.9 Å². The average Bonchev–Trinajstić information content (AvgIpc) is 2.54. The van der Waals surface area contributed by atoms with Gasteiger partial charge in [0.15, 0.2) is 0 Å². The lowest BCUT2D eigenvalue weighted by Crippen LogP contribution is -2.18. The van der Waals surface area contributed by atoms with Crippen molar-refractivity contribution in [3.05, 3.63) is 63.2 Å². The summed E-state index contributed by atoms with van der Waals surface area (Å²) in [7, 11) is 1.66. The lowest BCUT2D eigenvalue weighted by molar-refractivity contribution is -0.385. The molecule has 7 heteroatoms. The maximum absolute atomic E-state index is 11.0. The predicted molar refractivity (Wildman–Crippen MR) is 88.2 cm³/mol. The highest BCUT2D eigenvalue weighted by atomic mass is 35.5.